The van der Waals surface area contributed by atoms with Crippen LogP contribution in [-0.2, 0) is 0 Å². The summed E-state index contributed by atoms with van der Waals surface area (Å²) in [5, 5.41) is 33.6. The van der Waals surface area contributed by atoms with Gasteiger partial charge in [0.2, 0.25) is 19.5 Å². The van der Waals surface area contributed by atoms with Crippen molar-refractivity contribution in [2.75, 3.05) is 13.6 Å². The van der Waals surface area contributed by atoms with Crippen LogP contribution in [0.4, 0.5) is 26.3 Å². The van der Waals surface area contributed by atoms with Gasteiger partial charge in [-0.15, -0.1) is 0 Å². The fraction of sp³-hybridized carbons (Fsp3) is 0.143. The average Bonchev–Trinajstić information content (AvgIpc) is 3.78. The molecule has 0 aliphatic carbocycles. The zero-order valence-corrected chi connectivity index (χ0v) is 25.6. The summed E-state index contributed by atoms with van der Waals surface area (Å²) < 4.78 is 103. The van der Waals surface area contributed by atoms with Crippen LogP contribution in [-0.4, -0.2) is 25.0 Å². The van der Waals surface area contributed by atoms with Gasteiger partial charge in [-0.25, -0.2) is 26.3 Å². The van der Waals surface area contributed by atoms with Crippen molar-refractivity contribution in [3.63, 3.8) is 0 Å². The number of ether oxygens (including phenoxy) is 5. The van der Waals surface area contributed by atoms with Gasteiger partial charge in [0.05, 0.1) is 18.1 Å². The topological polar surface area (TPSA) is 181 Å². The summed E-state index contributed by atoms with van der Waals surface area (Å²) in [6.07, 6.45) is 0.242. The predicted octanol–water partition coefficient (Wildman–Crippen LogP) is 7.15. The molecule has 0 aromatic heterocycles. The monoisotopic (exact) mass is 726 g/mol. The molecule has 0 saturated carbocycles. The first kappa shape index (κ1) is 39.4. The van der Waals surface area contributed by atoms with Gasteiger partial charge < -0.3 is 34.5 Å². The normalized spacial score (nSPS) is 13.6. The van der Waals surface area contributed by atoms with Crippen LogP contribution in [0.1, 0.15) is 41.3 Å². The first-order chi connectivity index (χ1) is 24.4. The third kappa shape index (κ3) is 8.94. The lowest BCUT2D eigenvalue weighted by Crippen LogP contribution is -2.21. The number of allylic oxidation sites excluding steroid dienone is 1. The van der Waals surface area contributed by atoms with E-state index >= 15 is 0 Å². The number of carbonyl (C=O) groups excluding carboxylic acids is 1. The van der Waals surface area contributed by atoms with Crippen LogP contribution < -0.4 is 29.4 Å². The maximum atomic E-state index is 13.7. The zero-order valence-electron chi connectivity index (χ0n) is 25.6. The zero-order chi connectivity index (χ0) is 37.2. The lowest BCUT2D eigenvalue weighted by molar-refractivity contribution is 0.112. The number of nitrogens with zero attached hydrogens (tertiary/aromatic N) is 3. The molecule has 0 radical (unpaired) electrons. The number of fused-ring (bicyclic) bond motifs is 3. The van der Waals surface area contributed by atoms with Gasteiger partial charge in [-0.05, 0) is 48.0 Å². The minimum atomic E-state index is -1.59. The van der Waals surface area contributed by atoms with E-state index in [9.17, 15) is 36.4 Å². The van der Waals surface area contributed by atoms with Gasteiger partial charge in [-0.3, -0.25) is 4.79 Å². The highest BCUT2D eigenvalue weighted by molar-refractivity contribution is 5.74. The number of nitriles is 3. The Hall–Kier alpha value is -7.06. The lowest BCUT2D eigenvalue weighted by atomic mass is 9.83. The van der Waals surface area contributed by atoms with Crippen molar-refractivity contribution in [3.8, 4) is 52.7 Å². The number of phenols is 1. The molecule has 1 atom stereocenters. The summed E-state index contributed by atoms with van der Waals surface area (Å²) in [6.45, 7) is 0.259. The van der Waals surface area contributed by atoms with Crippen LogP contribution in [0.5, 0.6) is 34.5 Å². The van der Waals surface area contributed by atoms with Gasteiger partial charge in [0.1, 0.15) is 35.8 Å². The number of halogens is 6. The van der Waals surface area contributed by atoms with Gasteiger partial charge in [-0.2, -0.15) is 15.8 Å². The van der Waals surface area contributed by atoms with Gasteiger partial charge in [0, 0.05) is 23.3 Å². The summed E-state index contributed by atoms with van der Waals surface area (Å²) in [4.78, 5) is 9.97. The van der Waals surface area contributed by atoms with Gasteiger partial charge in [0.15, 0.2) is 57.9 Å². The number of phenolic OH excluding ortho intramolecular Hbond substituents is 1. The Morgan fingerprint density at radius 3 is 1.73 bits per heavy atom. The molecular weight excluding hydrogens is 702 g/mol. The van der Waals surface area contributed by atoms with Crippen molar-refractivity contribution in [1.82, 2.24) is 0 Å². The fourth-order valence-corrected chi connectivity index (χ4v) is 4.50. The quantitative estimate of drug-likeness (QED) is 0.122. The number of hydrogen-bond donors (Lipinski definition) is 2. The maximum Gasteiger partial charge on any atom is 0.231 e. The summed E-state index contributed by atoms with van der Waals surface area (Å²) >= 11 is 0. The summed E-state index contributed by atoms with van der Waals surface area (Å²) in [7, 11) is 0. The summed E-state index contributed by atoms with van der Waals surface area (Å²) in [5.74, 6) is -7.14. The van der Waals surface area contributed by atoms with E-state index in [4.69, 9.17) is 45.0 Å². The second-order valence-corrected chi connectivity index (χ2v) is 9.91. The minimum Gasteiger partial charge on any atom is -0.508 e. The number of aromatic hydroxyl groups is 1. The number of rotatable bonds is 2. The third-order valence-electron chi connectivity index (χ3n) is 6.71. The Labute approximate surface area is 291 Å². The second-order valence-electron chi connectivity index (χ2n) is 9.91. The highest BCUT2D eigenvalue weighted by Gasteiger charge is 2.34. The van der Waals surface area contributed by atoms with Crippen molar-refractivity contribution in [1.29, 1.82) is 15.8 Å². The van der Waals surface area contributed by atoms with E-state index in [1.54, 1.807) is 30.3 Å². The first-order valence-electron chi connectivity index (χ1n) is 14.0. The maximum absolute atomic E-state index is 13.7. The second kappa shape index (κ2) is 17.6. The Morgan fingerprint density at radius 1 is 0.731 bits per heavy atom. The molecule has 0 bridgehead atoms. The van der Waals surface area contributed by atoms with Crippen molar-refractivity contribution in [2.24, 2.45) is 5.73 Å². The van der Waals surface area contributed by atoms with Crippen molar-refractivity contribution in [2.45, 2.75) is 19.8 Å². The Balaban J connectivity index is 0.000000223. The Bertz CT molecular complexity index is 2090. The van der Waals surface area contributed by atoms with Crippen LogP contribution in [0.15, 0.2) is 66.1 Å². The molecular formula is C35H24F6N4O7. The van der Waals surface area contributed by atoms with Crippen molar-refractivity contribution < 1.29 is 59.9 Å². The van der Waals surface area contributed by atoms with E-state index in [1.807, 2.05) is 6.07 Å². The van der Waals surface area contributed by atoms with Crippen LogP contribution in [0.3, 0.4) is 0 Å². The summed E-state index contributed by atoms with van der Waals surface area (Å²) in [5.41, 5.74) is 5.95. The van der Waals surface area contributed by atoms with E-state index in [0.717, 1.165) is 12.1 Å². The molecule has 1 unspecified atom stereocenters. The fourth-order valence-electron chi connectivity index (χ4n) is 4.50. The number of hydrogen-bond acceptors (Lipinski definition) is 11. The molecule has 11 nitrogen and oxygen atoms in total. The molecule has 0 fully saturated rings. The van der Waals surface area contributed by atoms with Crippen LogP contribution in [0.25, 0.3) is 0 Å². The molecule has 7 rings (SSSR count). The van der Waals surface area contributed by atoms with E-state index in [1.165, 1.54) is 12.1 Å². The highest BCUT2D eigenvalue weighted by Crippen LogP contribution is 2.48. The lowest BCUT2D eigenvalue weighted by Gasteiger charge is -2.26. The molecule has 3 heterocycles. The molecule has 3 aliphatic rings. The number of nitrogens with two attached hydrogens (primary N) is 1. The highest BCUT2D eigenvalue weighted by atomic mass is 19.2. The molecule has 0 amide bonds. The van der Waals surface area contributed by atoms with Gasteiger partial charge in [-0.1, -0.05) is 7.43 Å². The Kier molecular flexibility index (Phi) is 13.3. The standard InChI is InChI=1S/C17H9F3N2O3.C7H3F3O.C7H6O3.C3H2N2.CH4/c18-10-1-7(2-11(19)16(10)20)15-8-3-13-14(24-6-23-13)4-12(8)25-17(22)9(15)5-21;8-5-1-4(3-11)2-6(9)7(5)10;8-5-1-2-6-7(3-5)10-4-9-6;4-2-1-3-5;/h1-4,15H,6,22H2;1-3H;1-3,8H,4H2;1H2;1H4. The smallest absolute Gasteiger partial charge is 0.231 e. The Morgan fingerprint density at radius 2 is 1.23 bits per heavy atom. The number of benzene rings is 4. The molecule has 268 valence electrons. The molecule has 0 spiro atoms. The largest absolute Gasteiger partial charge is 0.508 e. The molecule has 17 heteroatoms. The van der Waals surface area contributed by atoms with Gasteiger partial charge >= 0.3 is 0 Å². The van der Waals surface area contributed by atoms with Crippen LogP contribution in [0, 0.1) is 68.9 Å². The summed E-state index contributed by atoms with van der Waals surface area (Å²) in [6, 6.07) is 15.9. The first-order valence-corrected chi connectivity index (χ1v) is 14.0. The SMILES string of the molecule is C.N#CC1=C(N)Oc2cc3c(cc2C1c1cc(F)c(F)c(F)c1)OCO3.N#CCC#N.O=Cc1cc(F)c(F)c(F)c1.Oc1ccc2c(c1)OCO2. The van der Waals surface area contributed by atoms with Crippen molar-refractivity contribution >= 4 is 6.29 Å². The number of carbonyl (C=O) groups is 1. The van der Waals surface area contributed by atoms with Crippen LogP contribution >= 0.6 is 0 Å². The molecule has 3 aliphatic heterocycles. The van der Waals surface area contributed by atoms with Gasteiger partial charge in [0.25, 0.3) is 0 Å². The molecule has 3 N–H and O–H groups in total. The molecule has 0 saturated heterocycles. The minimum absolute atomic E-state index is 0. The van der Waals surface area contributed by atoms with Crippen molar-refractivity contribution in [3.05, 3.63) is 118 Å². The van der Waals surface area contributed by atoms with E-state index in [-0.39, 0.29) is 67.8 Å². The molecule has 4 aromatic carbocycles. The molecule has 52 heavy (non-hydrogen) atoms. The average molecular weight is 727 g/mol. The van der Waals surface area contributed by atoms with E-state index in [0.29, 0.717) is 40.7 Å². The van der Waals surface area contributed by atoms with Crippen LogP contribution in [0.2, 0.25) is 0 Å². The molecule has 4 aromatic rings. The van der Waals surface area contributed by atoms with E-state index < -0.39 is 40.8 Å². The van der Waals surface area contributed by atoms with E-state index in [2.05, 4.69) is 0 Å². The number of aldehydes is 1. The third-order valence-corrected chi connectivity index (χ3v) is 6.71. The predicted molar refractivity (Wildman–Crippen MR) is 167 cm³/mol.